The molecule has 5 heteroatoms. The van der Waals surface area contributed by atoms with Gasteiger partial charge in [-0.3, -0.25) is 4.90 Å². The summed E-state index contributed by atoms with van der Waals surface area (Å²) in [7, 11) is 1.77. The van der Waals surface area contributed by atoms with Crippen molar-refractivity contribution >= 4 is 5.84 Å². The molecule has 3 N–H and O–H groups in total. The highest BCUT2D eigenvalue weighted by atomic mass is 16.5. The second-order valence-corrected chi connectivity index (χ2v) is 5.04. The van der Waals surface area contributed by atoms with Gasteiger partial charge in [0.25, 0.3) is 0 Å². The molecular weight excluding hydrogens is 218 g/mol. The molecule has 1 rings (SSSR count). The highest BCUT2D eigenvalue weighted by Gasteiger charge is 2.28. The molecule has 2 atom stereocenters. The zero-order chi connectivity index (χ0) is 12.8. The number of oxime groups is 1. The number of amidine groups is 1. The normalized spacial score (nSPS) is 26.8. The van der Waals surface area contributed by atoms with Crippen LogP contribution in [-0.4, -0.2) is 47.8 Å². The van der Waals surface area contributed by atoms with Crippen molar-refractivity contribution in [3.05, 3.63) is 0 Å². The lowest BCUT2D eigenvalue weighted by atomic mass is 9.91. The molecule has 1 saturated carbocycles. The third-order valence-corrected chi connectivity index (χ3v) is 3.54. The van der Waals surface area contributed by atoms with Crippen molar-refractivity contribution in [3.8, 4) is 0 Å². The lowest BCUT2D eigenvalue weighted by molar-refractivity contribution is 0.0238. The van der Waals surface area contributed by atoms with Crippen LogP contribution in [0, 0.1) is 0 Å². The average molecular weight is 243 g/mol. The lowest BCUT2D eigenvalue weighted by Crippen LogP contribution is -2.48. The molecule has 1 fully saturated rings. The van der Waals surface area contributed by atoms with Crippen LogP contribution in [0.3, 0.4) is 0 Å². The maximum atomic E-state index is 8.67. The minimum Gasteiger partial charge on any atom is -0.409 e. The summed E-state index contributed by atoms with van der Waals surface area (Å²) in [6.45, 7) is 4.80. The number of methoxy groups -OCH3 is 1. The maximum Gasteiger partial charge on any atom is 0.153 e. The molecular formula is C12H25N3O2. The van der Waals surface area contributed by atoms with Gasteiger partial charge in [-0.05, 0) is 39.5 Å². The fraction of sp³-hybridized carbons (Fsp3) is 0.917. The van der Waals surface area contributed by atoms with Gasteiger partial charge in [-0.15, -0.1) is 0 Å². The van der Waals surface area contributed by atoms with Gasteiger partial charge < -0.3 is 15.7 Å². The van der Waals surface area contributed by atoms with E-state index in [0.29, 0.717) is 24.7 Å². The van der Waals surface area contributed by atoms with E-state index in [4.69, 9.17) is 15.7 Å². The summed E-state index contributed by atoms with van der Waals surface area (Å²) in [5.74, 6) is 0.276. The van der Waals surface area contributed by atoms with Crippen LogP contribution in [-0.2, 0) is 4.74 Å². The van der Waals surface area contributed by atoms with Crippen molar-refractivity contribution < 1.29 is 9.94 Å². The molecule has 2 unspecified atom stereocenters. The third-order valence-electron chi connectivity index (χ3n) is 3.54. The van der Waals surface area contributed by atoms with Crippen LogP contribution in [0.1, 0.15) is 39.5 Å². The SMILES string of the molecule is COC1CCCC(N(CC(N)=NO)C(C)C)C1. The van der Waals surface area contributed by atoms with Crippen LogP contribution in [0.5, 0.6) is 0 Å². The van der Waals surface area contributed by atoms with Crippen LogP contribution >= 0.6 is 0 Å². The van der Waals surface area contributed by atoms with Gasteiger partial charge >= 0.3 is 0 Å². The molecule has 0 aliphatic heterocycles. The second kappa shape index (κ2) is 6.81. The van der Waals surface area contributed by atoms with Crippen molar-refractivity contribution in [1.29, 1.82) is 0 Å². The summed E-state index contributed by atoms with van der Waals surface area (Å²) in [5, 5.41) is 11.7. The van der Waals surface area contributed by atoms with Gasteiger partial charge in [0.2, 0.25) is 0 Å². The quantitative estimate of drug-likeness (QED) is 0.331. The summed E-state index contributed by atoms with van der Waals surface area (Å²) in [6, 6.07) is 0.852. The van der Waals surface area contributed by atoms with E-state index in [-0.39, 0.29) is 5.84 Å². The van der Waals surface area contributed by atoms with Crippen LogP contribution in [0.2, 0.25) is 0 Å². The van der Waals surface area contributed by atoms with Gasteiger partial charge in [-0.1, -0.05) is 5.16 Å². The summed E-state index contributed by atoms with van der Waals surface area (Å²) in [4.78, 5) is 2.29. The summed E-state index contributed by atoms with van der Waals surface area (Å²) in [6.07, 6.45) is 4.87. The molecule has 5 nitrogen and oxygen atoms in total. The van der Waals surface area contributed by atoms with Gasteiger partial charge in [0.15, 0.2) is 5.84 Å². The van der Waals surface area contributed by atoms with E-state index in [2.05, 4.69) is 23.9 Å². The predicted octanol–water partition coefficient (Wildman–Crippen LogP) is 1.40. The van der Waals surface area contributed by atoms with E-state index in [1.165, 1.54) is 6.42 Å². The minimum atomic E-state index is 0.276. The van der Waals surface area contributed by atoms with Gasteiger partial charge in [-0.25, -0.2) is 0 Å². The highest BCUT2D eigenvalue weighted by Crippen LogP contribution is 2.26. The molecule has 0 aromatic heterocycles. The minimum absolute atomic E-state index is 0.276. The number of rotatable bonds is 5. The first-order valence-corrected chi connectivity index (χ1v) is 6.33. The first kappa shape index (κ1) is 14.3. The molecule has 0 amide bonds. The van der Waals surface area contributed by atoms with Gasteiger partial charge in [0.05, 0.1) is 12.6 Å². The fourth-order valence-electron chi connectivity index (χ4n) is 2.59. The van der Waals surface area contributed by atoms with Crippen LogP contribution < -0.4 is 5.73 Å². The molecule has 1 aliphatic carbocycles. The van der Waals surface area contributed by atoms with Crippen molar-refractivity contribution in [3.63, 3.8) is 0 Å². The molecule has 17 heavy (non-hydrogen) atoms. The zero-order valence-corrected chi connectivity index (χ0v) is 11.1. The van der Waals surface area contributed by atoms with E-state index in [1.54, 1.807) is 7.11 Å². The van der Waals surface area contributed by atoms with Crippen molar-refractivity contribution in [2.24, 2.45) is 10.9 Å². The first-order chi connectivity index (χ1) is 8.08. The van der Waals surface area contributed by atoms with E-state index in [1.807, 2.05) is 0 Å². The summed E-state index contributed by atoms with van der Waals surface area (Å²) in [5.41, 5.74) is 5.61. The Balaban J connectivity index is 2.63. The number of ether oxygens (including phenoxy) is 1. The molecule has 0 bridgehead atoms. The molecule has 0 aromatic rings. The summed E-state index contributed by atoms with van der Waals surface area (Å²) >= 11 is 0. The number of nitrogens with two attached hydrogens (primary N) is 1. The van der Waals surface area contributed by atoms with Crippen LogP contribution in [0.25, 0.3) is 0 Å². The first-order valence-electron chi connectivity index (χ1n) is 6.33. The molecule has 0 heterocycles. The molecule has 100 valence electrons. The second-order valence-electron chi connectivity index (χ2n) is 5.04. The molecule has 1 aliphatic rings. The monoisotopic (exact) mass is 243 g/mol. The Hall–Kier alpha value is -0.810. The molecule has 0 radical (unpaired) electrons. The van der Waals surface area contributed by atoms with Crippen molar-refractivity contribution in [1.82, 2.24) is 4.90 Å². The highest BCUT2D eigenvalue weighted by molar-refractivity contribution is 5.81. The smallest absolute Gasteiger partial charge is 0.153 e. The zero-order valence-electron chi connectivity index (χ0n) is 11.1. The Labute approximate surface area is 104 Å². The van der Waals surface area contributed by atoms with Crippen LogP contribution in [0.15, 0.2) is 5.16 Å². The third kappa shape index (κ3) is 4.16. The van der Waals surface area contributed by atoms with Gasteiger partial charge in [0.1, 0.15) is 0 Å². The molecule has 0 spiro atoms. The van der Waals surface area contributed by atoms with Crippen molar-refractivity contribution in [2.75, 3.05) is 13.7 Å². The topological polar surface area (TPSA) is 71.1 Å². The van der Waals surface area contributed by atoms with Gasteiger partial charge in [-0.2, -0.15) is 0 Å². The summed E-state index contributed by atoms with van der Waals surface area (Å²) < 4.78 is 5.45. The number of hydrogen-bond donors (Lipinski definition) is 2. The number of nitrogens with zero attached hydrogens (tertiary/aromatic N) is 2. The predicted molar refractivity (Wildman–Crippen MR) is 68.3 cm³/mol. The van der Waals surface area contributed by atoms with Crippen molar-refractivity contribution in [2.45, 2.75) is 57.7 Å². The molecule has 0 saturated heterocycles. The van der Waals surface area contributed by atoms with Crippen LogP contribution in [0.4, 0.5) is 0 Å². The van der Waals surface area contributed by atoms with E-state index < -0.39 is 0 Å². The Morgan fingerprint density at radius 2 is 2.24 bits per heavy atom. The standard InChI is InChI=1S/C12H25N3O2/c1-9(2)15(8-12(13)14-16)10-5-4-6-11(7-10)17-3/h9-11,16H,4-8H2,1-3H3,(H2,13,14). The number of hydrogen-bond acceptors (Lipinski definition) is 4. The Kier molecular flexibility index (Phi) is 5.71. The largest absolute Gasteiger partial charge is 0.409 e. The Morgan fingerprint density at radius 1 is 1.53 bits per heavy atom. The Bertz CT molecular complexity index is 256. The van der Waals surface area contributed by atoms with Gasteiger partial charge in [0, 0.05) is 19.2 Å². The average Bonchev–Trinajstić information content (AvgIpc) is 2.35. The Morgan fingerprint density at radius 3 is 2.76 bits per heavy atom. The van der Waals surface area contributed by atoms with E-state index in [0.717, 1.165) is 19.3 Å². The lowest BCUT2D eigenvalue weighted by Gasteiger charge is -2.39. The molecule has 0 aromatic carbocycles. The van der Waals surface area contributed by atoms with E-state index in [9.17, 15) is 0 Å². The fourth-order valence-corrected chi connectivity index (χ4v) is 2.59. The van der Waals surface area contributed by atoms with E-state index >= 15 is 0 Å². The maximum absolute atomic E-state index is 8.67.